The molecule has 2 aromatic rings. The predicted molar refractivity (Wildman–Crippen MR) is 117 cm³/mol. The molecular weight excluding hydrogens is 404 g/mol. The van der Waals surface area contributed by atoms with E-state index in [1.807, 2.05) is 50.2 Å². The van der Waals surface area contributed by atoms with Crippen LogP contribution in [-0.2, 0) is 14.8 Å². The molecule has 0 bridgehead atoms. The Balaban J connectivity index is 1.76. The van der Waals surface area contributed by atoms with Gasteiger partial charge in [0, 0.05) is 0 Å². The molecule has 0 fully saturated rings. The number of carbonyl (C=O) groups excluding carboxylic acids is 1. The normalized spacial score (nSPS) is 16.6. The van der Waals surface area contributed by atoms with Gasteiger partial charge in [0.15, 0.2) is 11.5 Å². The van der Waals surface area contributed by atoms with Crippen LogP contribution in [0.4, 0.5) is 5.69 Å². The Morgan fingerprint density at radius 2 is 1.90 bits per heavy atom. The number of benzene rings is 2. The molecule has 0 saturated heterocycles. The van der Waals surface area contributed by atoms with Crippen LogP contribution in [0.25, 0.3) is 0 Å². The third-order valence-electron chi connectivity index (χ3n) is 5.00. The van der Waals surface area contributed by atoms with E-state index in [1.54, 1.807) is 13.0 Å². The van der Waals surface area contributed by atoms with Gasteiger partial charge < -0.3 is 14.8 Å². The molecule has 0 aliphatic carbocycles. The van der Waals surface area contributed by atoms with Crippen molar-refractivity contribution in [1.29, 1.82) is 0 Å². The molecule has 2 atom stereocenters. The molecule has 162 valence electrons. The first-order valence-electron chi connectivity index (χ1n) is 9.93. The highest BCUT2D eigenvalue weighted by atomic mass is 32.2. The first kappa shape index (κ1) is 22.0. The largest absolute Gasteiger partial charge is 0.486 e. The summed E-state index contributed by atoms with van der Waals surface area (Å²) in [6.07, 6.45) is 1.10. The summed E-state index contributed by atoms with van der Waals surface area (Å²) in [6, 6.07) is 12.1. The Bertz CT molecular complexity index is 1020. The summed E-state index contributed by atoms with van der Waals surface area (Å²) < 4.78 is 38.1. The standard InChI is InChI=1S/C22H28N2O5S/c1-5-18(24(30(4,26)27)19-12-15(2)10-11-16(19)3)22(25)23-13-17-14-28-20-8-6-7-9-21(20)29-17/h6-12,17-18H,5,13-14H2,1-4H3,(H,23,25)/t17-,18+/m0/s1. The van der Waals surface area contributed by atoms with Crippen LogP contribution in [0, 0.1) is 13.8 Å². The lowest BCUT2D eigenvalue weighted by Crippen LogP contribution is -2.51. The molecule has 1 aliphatic rings. The highest BCUT2D eigenvalue weighted by molar-refractivity contribution is 7.92. The molecule has 0 unspecified atom stereocenters. The van der Waals surface area contributed by atoms with Crippen LogP contribution in [0.2, 0.25) is 0 Å². The van der Waals surface area contributed by atoms with Crippen LogP contribution in [0.1, 0.15) is 24.5 Å². The average molecular weight is 433 g/mol. The van der Waals surface area contributed by atoms with E-state index in [4.69, 9.17) is 9.47 Å². The van der Waals surface area contributed by atoms with Gasteiger partial charge in [-0.1, -0.05) is 31.2 Å². The highest BCUT2D eigenvalue weighted by Crippen LogP contribution is 2.31. The number of hydrogen-bond acceptors (Lipinski definition) is 5. The SMILES string of the molecule is CC[C@H](C(=O)NC[C@H]1COc2ccccc2O1)N(c1cc(C)ccc1C)S(C)(=O)=O. The van der Waals surface area contributed by atoms with E-state index in [0.29, 0.717) is 30.2 Å². The van der Waals surface area contributed by atoms with Crippen molar-refractivity contribution in [1.82, 2.24) is 5.32 Å². The minimum atomic E-state index is -3.68. The fourth-order valence-corrected chi connectivity index (χ4v) is 4.75. The van der Waals surface area contributed by atoms with Crippen LogP contribution in [0.15, 0.2) is 42.5 Å². The summed E-state index contributed by atoms with van der Waals surface area (Å²) in [7, 11) is -3.68. The Kier molecular flexibility index (Phi) is 6.55. The van der Waals surface area contributed by atoms with Crippen molar-refractivity contribution in [3.63, 3.8) is 0 Å². The monoisotopic (exact) mass is 432 g/mol. The summed E-state index contributed by atoms with van der Waals surface area (Å²) in [5.41, 5.74) is 2.23. The second-order valence-corrected chi connectivity index (χ2v) is 9.37. The molecule has 0 aromatic heterocycles. The number of fused-ring (bicyclic) bond motifs is 1. The van der Waals surface area contributed by atoms with Gasteiger partial charge in [-0.15, -0.1) is 0 Å². The number of ether oxygens (including phenoxy) is 2. The topological polar surface area (TPSA) is 84.9 Å². The molecule has 3 rings (SSSR count). The summed E-state index contributed by atoms with van der Waals surface area (Å²) >= 11 is 0. The Morgan fingerprint density at radius 1 is 1.20 bits per heavy atom. The number of carbonyl (C=O) groups is 1. The van der Waals surface area contributed by atoms with E-state index >= 15 is 0 Å². The zero-order valence-corrected chi connectivity index (χ0v) is 18.5. The number of nitrogens with one attached hydrogen (secondary N) is 1. The summed E-state index contributed by atoms with van der Waals surface area (Å²) in [5.74, 6) is 0.930. The lowest BCUT2D eigenvalue weighted by atomic mass is 10.1. The van der Waals surface area contributed by atoms with Crippen molar-refractivity contribution < 1.29 is 22.7 Å². The number of aryl methyl sites for hydroxylation is 2. The fraction of sp³-hybridized carbons (Fsp3) is 0.409. The smallest absolute Gasteiger partial charge is 0.244 e. The van der Waals surface area contributed by atoms with Gasteiger partial charge in [-0.2, -0.15) is 0 Å². The van der Waals surface area contributed by atoms with Crippen molar-refractivity contribution in [2.45, 2.75) is 39.3 Å². The summed E-state index contributed by atoms with van der Waals surface area (Å²) in [6.45, 7) is 6.05. The lowest BCUT2D eigenvalue weighted by Gasteiger charge is -2.32. The van der Waals surface area contributed by atoms with E-state index in [-0.39, 0.29) is 18.6 Å². The van der Waals surface area contributed by atoms with Crippen molar-refractivity contribution >= 4 is 21.6 Å². The second kappa shape index (κ2) is 8.95. The van der Waals surface area contributed by atoms with Gasteiger partial charge in [-0.3, -0.25) is 9.10 Å². The molecule has 1 heterocycles. The van der Waals surface area contributed by atoms with E-state index < -0.39 is 16.1 Å². The van der Waals surface area contributed by atoms with Crippen LogP contribution >= 0.6 is 0 Å². The molecule has 7 nitrogen and oxygen atoms in total. The molecule has 1 aliphatic heterocycles. The van der Waals surface area contributed by atoms with E-state index in [0.717, 1.165) is 17.4 Å². The molecule has 1 amide bonds. The number of para-hydroxylation sites is 2. The van der Waals surface area contributed by atoms with Gasteiger partial charge in [0.1, 0.15) is 18.8 Å². The molecule has 30 heavy (non-hydrogen) atoms. The number of anilines is 1. The zero-order chi connectivity index (χ0) is 21.9. The van der Waals surface area contributed by atoms with Crippen molar-refractivity contribution in [3.05, 3.63) is 53.6 Å². The zero-order valence-electron chi connectivity index (χ0n) is 17.7. The van der Waals surface area contributed by atoms with Crippen LogP contribution in [-0.4, -0.2) is 45.9 Å². The van der Waals surface area contributed by atoms with Crippen molar-refractivity contribution in [2.75, 3.05) is 23.7 Å². The van der Waals surface area contributed by atoms with E-state index in [9.17, 15) is 13.2 Å². The number of nitrogens with zero attached hydrogens (tertiary/aromatic N) is 1. The van der Waals surface area contributed by atoms with Crippen molar-refractivity contribution in [2.24, 2.45) is 0 Å². The molecular formula is C22H28N2O5S. The van der Waals surface area contributed by atoms with Gasteiger partial charge in [-0.05, 0) is 49.6 Å². The maximum Gasteiger partial charge on any atom is 0.244 e. The summed E-state index contributed by atoms with van der Waals surface area (Å²) in [4.78, 5) is 13.0. The van der Waals surface area contributed by atoms with Crippen LogP contribution in [0.3, 0.4) is 0 Å². The minimum Gasteiger partial charge on any atom is -0.486 e. The third-order valence-corrected chi connectivity index (χ3v) is 6.17. The summed E-state index contributed by atoms with van der Waals surface area (Å²) in [5, 5.41) is 2.84. The third kappa shape index (κ3) is 4.87. The maximum atomic E-state index is 13.0. The van der Waals surface area contributed by atoms with Crippen molar-refractivity contribution in [3.8, 4) is 11.5 Å². The molecule has 0 saturated carbocycles. The van der Waals surface area contributed by atoms with Gasteiger partial charge in [0.05, 0.1) is 18.5 Å². The van der Waals surface area contributed by atoms with Gasteiger partial charge in [0.2, 0.25) is 15.9 Å². The quantitative estimate of drug-likeness (QED) is 0.727. The number of amides is 1. The van der Waals surface area contributed by atoms with E-state index in [2.05, 4.69) is 5.32 Å². The second-order valence-electron chi connectivity index (χ2n) is 7.52. The Hall–Kier alpha value is -2.74. The average Bonchev–Trinajstić information content (AvgIpc) is 2.71. The Morgan fingerprint density at radius 3 is 2.57 bits per heavy atom. The van der Waals surface area contributed by atoms with Gasteiger partial charge >= 0.3 is 0 Å². The molecule has 1 N–H and O–H groups in total. The van der Waals surface area contributed by atoms with Gasteiger partial charge in [0.25, 0.3) is 0 Å². The first-order valence-corrected chi connectivity index (χ1v) is 11.8. The minimum absolute atomic E-state index is 0.216. The number of rotatable bonds is 7. The van der Waals surface area contributed by atoms with Gasteiger partial charge in [-0.25, -0.2) is 8.42 Å². The predicted octanol–water partition coefficient (Wildman–Crippen LogP) is 2.80. The fourth-order valence-electron chi connectivity index (χ4n) is 3.49. The van der Waals surface area contributed by atoms with Crippen LogP contribution < -0.4 is 19.1 Å². The van der Waals surface area contributed by atoms with E-state index in [1.165, 1.54) is 4.31 Å². The number of sulfonamides is 1. The molecule has 8 heteroatoms. The molecule has 0 radical (unpaired) electrons. The van der Waals surface area contributed by atoms with Crippen LogP contribution in [0.5, 0.6) is 11.5 Å². The number of hydrogen-bond donors (Lipinski definition) is 1. The maximum absolute atomic E-state index is 13.0. The molecule has 0 spiro atoms. The molecule has 2 aromatic carbocycles. The highest BCUT2D eigenvalue weighted by Gasteiger charge is 2.33. The first-order chi connectivity index (χ1) is 14.2. The Labute approximate surface area is 178 Å². The lowest BCUT2D eigenvalue weighted by molar-refractivity contribution is -0.122.